The molecule has 15 heavy (non-hydrogen) atoms. The topological polar surface area (TPSA) is 63.3 Å². The van der Waals surface area contributed by atoms with Crippen LogP contribution in [0.3, 0.4) is 0 Å². The molecule has 0 aromatic heterocycles. The predicted octanol–water partition coefficient (Wildman–Crippen LogP) is 1.78. The molecule has 2 rings (SSSR count). The molecule has 0 aliphatic heterocycles. The molecular weight excluding hydrogens is 191 g/mol. The molecule has 2 aliphatic carbocycles. The fourth-order valence-electron chi connectivity index (χ4n) is 3.10. The van der Waals surface area contributed by atoms with Crippen molar-refractivity contribution in [3.05, 3.63) is 11.6 Å². The van der Waals surface area contributed by atoms with E-state index in [-0.39, 0.29) is 12.3 Å². The molecule has 3 heteroatoms. The van der Waals surface area contributed by atoms with Gasteiger partial charge in [0, 0.05) is 2.74 Å². The molecule has 1 fully saturated rings. The third kappa shape index (κ3) is 1.59. The van der Waals surface area contributed by atoms with Gasteiger partial charge in [-0.2, -0.15) is 0 Å². The summed E-state index contributed by atoms with van der Waals surface area (Å²) in [4.78, 5) is 11.0. The second-order valence-corrected chi connectivity index (χ2v) is 4.74. The van der Waals surface area contributed by atoms with E-state index in [1.54, 1.807) is 0 Å². The van der Waals surface area contributed by atoms with E-state index in [1.165, 1.54) is 5.57 Å². The lowest BCUT2D eigenvalue weighted by molar-refractivity contribution is -0.144. The highest BCUT2D eigenvalue weighted by Gasteiger charge is 2.54. The Bertz CT molecular complexity index is 375. The van der Waals surface area contributed by atoms with Crippen LogP contribution >= 0.6 is 0 Å². The van der Waals surface area contributed by atoms with Crippen molar-refractivity contribution in [3.8, 4) is 0 Å². The highest BCUT2D eigenvalue weighted by molar-refractivity contribution is 5.68. The van der Waals surface area contributed by atoms with Crippen molar-refractivity contribution >= 4 is 5.97 Å². The van der Waals surface area contributed by atoms with Crippen LogP contribution in [0.5, 0.6) is 0 Å². The van der Waals surface area contributed by atoms with Gasteiger partial charge in [-0.05, 0) is 43.0 Å². The maximum absolute atomic E-state index is 11.0. The van der Waals surface area contributed by atoms with Crippen LogP contribution in [0.4, 0.5) is 0 Å². The minimum Gasteiger partial charge on any atom is -0.481 e. The van der Waals surface area contributed by atoms with Gasteiger partial charge in [-0.15, -0.1) is 0 Å². The van der Waals surface area contributed by atoms with Crippen LogP contribution in [0.1, 0.15) is 35.3 Å². The zero-order valence-electron chi connectivity index (χ0n) is 11.0. The number of aliphatic carboxylic acids is 1. The second kappa shape index (κ2) is 3.63. The number of nitrogens with two attached hydrogens (primary N) is 1. The van der Waals surface area contributed by atoms with Crippen molar-refractivity contribution < 1.29 is 12.6 Å². The van der Waals surface area contributed by atoms with E-state index in [9.17, 15) is 4.79 Å². The molecule has 0 aromatic carbocycles. The number of carboxylic acid groups (broad SMARTS) is 1. The fourth-order valence-corrected chi connectivity index (χ4v) is 3.10. The number of carboxylic acids is 1. The second-order valence-electron chi connectivity index (χ2n) is 4.74. The summed E-state index contributed by atoms with van der Waals surface area (Å²) in [6.07, 6.45) is 4.43. The first-order valence-corrected chi connectivity index (χ1v) is 5.50. The molecule has 3 N–H and O–H groups in total. The van der Waals surface area contributed by atoms with Crippen LogP contribution in [-0.4, -0.2) is 17.6 Å². The minimum atomic E-state index is -1.92. The maximum atomic E-state index is 11.0. The molecule has 2 aliphatic rings. The van der Waals surface area contributed by atoms with E-state index in [0.29, 0.717) is 12.3 Å². The normalized spacial score (nSPS) is 41.1. The highest BCUT2D eigenvalue weighted by atomic mass is 16.4. The number of carbonyl (C=O) groups is 1. The Morgan fingerprint density at radius 1 is 1.87 bits per heavy atom. The summed E-state index contributed by atoms with van der Waals surface area (Å²) in [6, 6.07) is 0. The molecule has 84 valence electrons. The zero-order valence-corrected chi connectivity index (χ0v) is 8.99. The Labute approximate surface area is 93.2 Å². The van der Waals surface area contributed by atoms with Gasteiger partial charge in [0.05, 0.1) is 6.42 Å². The number of hydrogen-bond acceptors (Lipinski definition) is 2. The first-order valence-electron chi connectivity index (χ1n) is 6.50. The summed E-state index contributed by atoms with van der Waals surface area (Å²) in [5.74, 6) is -0.549. The number of rotatable bonds is 4. The maximum Gasteiger partial charge on any atom is 0.303 e. The molecule has 0 unspecified atom stereocenters. The lowest BCUT2D eigenvalue weighted by Crippen LogP contribution is -2.51. The third-order valence-electron chi connectivity index (χ3n) is 3.92. The van der Waals surface area contributed by atoms with Crippen LogP contribution in [0.25, 0.3) is 0 Å². The van der Waals surface area contributed by atoms with E-state index in [2.05, 4.69) is 13.0 Å². The number of fused-ring (bicyclic) bond motifs is 1. The highest BCUT2D eigenvalue weighted by Crippen LogP contribution is 2.59. The van der Waals surface area contributed by atoms with Gasteiger partial charge in [-0.25, -0.2) is 0 Å². The molecule has 0 aromatic rings. The summed E-state index contributed by atoms with van der Waals surface area (Å²) < 4.78 is 15.5. The summed E-state index contributed by atoms with van der Waals surface area (Å²) >= 11 is 0. The first-order chi connectivity index (χ1) is 7.80. The van der Waals surface area contributed by atoms with Crippen LogP contribution < -0.4 is 5.73 Å². The lowest BCUT2D eigenvalue weighted by Gasteiger charge is -2.51. The standard InChI is InChI=1S/C12H19NO2/c1-2-8-3-9-5-12(7-13,6-11(14)15)10(9)4-8/h4,9-10H,2-3,5-7,13H2,1H3,(H,14,15)/t9-,10-,12-/m1/s1/i7D2,13+1. The molecule has 0 radical (unpaired) electrons. The van der Waals surface area contributed by atoms with Crippen molar-refractivity contribution in [2.24, 2.45) is 23.0 Å². The van der Waals surface area contributed by atoms with Crippen molar-refractivity contribution in [1.82, 2.24) is 0 Å². The molecule has 0 spiro atoms. The minimum absolute atomic E-state index is 0.00792. The van der Waals surface area contributed by atoms with Crippen LogP contribution in [0, 0.1) is 17.3 Å². The van der Waals surface area contributed by atoms with Gasteiger partial charge in [-0.3, -0.25) is 4.79 Å². The van der Waals surface area contributed by atoms with Gasteiger partial charge in [0.15, 0.2) is 0 Å². The van der Waals surface area contributed by atoms with Gasteiger partial charge >= 0.3 is 5.97 Å². The Morgan fingerprint density at radius 3 is 3.13 bits per heavy atom. The van der Waals surface area contributed by atoms with Crippen molar-refractivity contribution in [2.45, 2.75) is 32.6 Å². The summed E-state index contributed by atoms with van der Waals surface area (Å²) in [5.41, 5.74) is 6.02. The van der Waals surface area contributed by atoms with Gasteiger partial charge < -0.3 is 10.8 Å². The van der Waals surface area contributed by atoms with Crippen molar-refractivity contribution in [1.29, 1.82) is 0 Å². The van der Waals surface area contributed by atoms with Crippen LogP contribution in [0.15, 0.2) is 11.6 Å². The van der Waals surface area contributed by atoms with Gasteiger partial charge in [0.1, 0.15) is 0 Å². The van der Waals surface area contributed by atoms with Gasteiger partial charge in [0.2, 0.25) is 0 Å². The Hall–Kier alpha value is -0.830. The van der Waals surface area contributed by atoms with Crippen molar-refractivity contribution in [2.75, 3.05) is 6.50 Å². The summed E-state index contributed by atoms with van der Waals surface area (Å²) in [5, 5.41) is 8.98. The average molecular weight is 212 g/mol. The SMILES string of the molecule is [2H]C([2H])([15NH2])[C@]1(CC(=O)O)C[C@H]2CC(CC)=C[C@H]21. The average Bonchev–Trinajstić information content (AvgIpc) is 2.50. The molecule has 0 heterocycles. The Balaban J connectivity index is 2.27. The van der Waals surface area contributed by atoms with Crippen LogP contribution in [-0.2, 0) is 4.79 Å². The molecule has 3 nitrogen and oxygen atoms in total. The Morgan fingerprint density at radius 2 is 2.60 bits per heavy atom. The molecule has 3 atom stereocenters. The van der Waals surface area contributed by atoms with E-state index in [0.717, 1.165) is 12.8 Å². The van der Waals surface area contributed by atoms with E-state index >= 15 is 0 Å². The molecular formula is C12H19NO2. The molecule has 1 saturated carbocycles. The van der Waals surface area contributed by atoms with Gasteiger partial charge in [0.25, 0.3) is 0 Å². The third-order valence-corrected chi connectivity index (χ3v) is 3.92. The number of hydrogen-bond donors (Lipinski definition) is 2. The van der Waals surface area contributed by atoms with E-state index < -0.39 is 17.9 Å². The lowest BCUT2D eigenvalue weighted by atomic mass is 9.54. The largest absolute Gasteiger partial charge is 0.481 e. The molecule has 0 bridgehead atoms. The Kier molecular flexibility index (Phi) is 2.02. The molecule has 0 amide bonds. The first kappa shape index (κ1) is 8.34. The monoisotopic (exact) mass is 212 g/mol. The quantitative estimate of drug-likeness (QED) is 0.551. The van der Waals surface area contributed by atoms with Crippen LogP contribution in [0.2, 0.25) is 0 Å². The smallest absolute Gasteiger partial charge is 0.303 e. The predicted molar refractivity (Wildman–Crippen MR) is 58.3 cm³/mol. The number of allylic oxidation sites excluding steroid dienone is 2. The van der Waals surface area contributed by atoms with E-state index in [4.69, 9.17) is 13.6 Å². The fraction of sp³-hybridized carbons (Fsp3) is 0.750. The van der Waals surface area contributed by atoms with Crippen molar-refractivity contribution in [3.63, 3.8) is 0 Å². The van der Waals surface area contributed by atoms with Gasteiger partial charge in [-0.1, -0.05) is 18.6 Å². The van der Waals surface area contributed by atoms with E-state index in [1.807, 2.05) is 0 Å². The summed E-state index contributed by atoms with van der Waals surface area (Å²) in [6.45, 7) is 0.152. The summed E-state index contributed by atoms with van der Waals surface area (Å²) in [7, 11) is 0. The zero-order chi connectivity index (χ0) is 12.8. The molecule has 0 saturated heterocycles.